The molecule has 1 unspecified atom stereocenters. The molecule has 11 heteroatoms. The van der Waals surface area contributed by atoms with E-state index < -0.39 is 28.5 Å². The molecule has 1 aromatic carbocycles. The summed E-state index contributed by atoms with van der Waals surface area (Å²) in [4.78, 5) is 26.1. The van der Waals surface area contributed by atoms with Crippen molar-refractivity contribution in [3.8, 4) is 0 Å². The molecule has 1 amide bonds. The zero-order chi connectivity index (χ0) is 19.6. The smallest absolute Gasteiger partial charge is 0.366 e. The Morgan fingerprint density at radius 2 is 1.96 bits per heavy atom. The van der Waals surface area contributed by atoms with Crippen molar-refractivity contribution < 1.29 is 27.6 Å². The number of rotatable bonds is 3. The molecule has 0 bridgehead atoms. The number of carbonyl (C=O) groups is 1. The van der Waals surface area contributed by atoms with Gasteiger partial charge in [-0.1, -0.05) is 0 Å². The van der Waals surface area contributed by atoms with E-state index in [4.69, 9.17) is 4.74 Å². The van der Waals surface area contributed by atoms with Crippen molar-refractivity contribution in [2.45, 2.75) is 12.3 Å². The van der Waals surface area contributed by atoms with Crippen molar-refractivity contribution in [2.24, 2.45) is 0 Å². The van der Waals surface area contributed by atoms with Gasteiger partial charge in [0.15, 0.2) is 0 Å². The van der Waals surface area contributed by atoms with Crippen LogP contribution in [0.1, 0.15) is 5.56 Å². The zero-order valence-electron chi connectivity index (χ0n) is 14.4. The molecule has 3 rings (SSSR count). The highest BCUT2D eigenvalue weighted by molar-refractivity contribution is 5.81. The number of nitrogens with one attached hydrogen (secondary N) is 1. The van der Waals surface area contributed by atoms with Crippen molar-refractivity contribution in [3.63, 3.8) is 0 Å². The summed E-state index contributed by atoms with van der Waals surface area (Å²) in [5, 5.41) is 14.3. The molecule has 148 valence electrons. The van der Waals surface area contributed by atoms with E-state index in [0.29, 0.717) is 38.9 Å². The summed E-state index contributed by atoms with van der Waals surface area (Å²) in [6.45, 7) is 2.79. The molecule has 2 fully saturated rings. The number of piperazine rings is 1. The summed E-state index contributed by atoms with van der Waals surface area (Å²) in [7, 11) is 0. The number of alkyl halides is 3. The third kappa shape index (κ3) is 4.30. The lowest BCUT2D eigenvalue weighted by Crippen LogP contribution is -2.55. The minimum Gasteiger partial charge on any atom is -0.366 e. The molecule has 1 N–H and O–H groups in total. The molecule has 2 aliphatic heterocycles. The van der Waals surface area contributed by atoms with E-state index in [1.165, 1.54) is 0 Å². The minimum atomic E-state index is -4.65. The summed E-state index contributed by atoms with van der Waals surface area (Å²) >= 11 is 0. The molecule has 1 atom stereocenters. The first-order valence-corrected chi connectivity index (χ1v) is 8.49. The molecule has 1 aromatic rings. The van der Waals surface area contributed by atoms with Crippen molar-refractivity contribution in [3.05, 3.63) is 33.9 Å². The van der Waals surface area contributed by atoms with Gasteiger partial charge >= 0.3 is 6.18 Å². The standard InChI is InChI=1S/C16H19F3N4O4/c17-16(18,19)11-1-2-12(13(9-11)23(25)26)21-4-6-22(7-5-21)15(24)14-10-20-3-8-27-14/h1-2,9,14,20H,3-8,10H2. The Labute approximate surface area is 153 Å². The molecule has 0 aliphatic carbocycles. The van der Waals surface area contributed by atoms with Gasteiger partial charge in [0.05, 0.1) is 17.1 Å². The van der Waals surface area contributed by atoms with Gasteiger partial charge in [-0.05, 0) is 12.1 Å². The molecule has 2 heterocycles. The van der Waals surface area contributed by atoms with Crippen LogP contribution in [0.15, 0.2) is 18.2 Å². The maximum absolute atomic E-state index is 12.8. The van der Waals surface area contributed by atoms with Crippen LogP contribution in [0.3, 0.4) is 0 Å². The molecule has 0 spiro atoms. The number of amides is 1. The van der Waals surface area contributed by atoms with Crippen molar-refractivity contribution in [2.75, 3.05) is 50.8 Å². The molecular formula is C16H19F3N4O4. The molecular weight excluding hydrogens is 369 g/mol. The van der Waals surface area contributed by atoms with Crippen LogP contribution in [0.5, 0.6) is 0 Å². The number of benzene rings is 1. The number of halogens is 3. The molecule has 0 saturated carbocycles. The molecule has 0 radical (unpaired) electrons. The first-order chi connectivity index (χ1) is 12.8. The van der Waals surface area contributed by atoms with Gasteiger partial charge in [0.1, 0.15) is 11.8 Å². The first-order valence-electron chi connectivity index (χ1n) is 8.49. The number of nitro benzene ring substituents is 1. The van der Waals surface area contributed by atoms with Crippen molar-refractivity contribution in [1.82, 2.24) is 10.2 Å². The van der Waals surface area contributed by atoms with Crippen LogP contribution in [0.2, 0.25) is 0 Å². The number of nitro groups is 1. The summed E-state index contributed by atoms with van der Waals surface area (Å²) in [6, 6.07) is 2.50. The average Bonchev–Trinajstić information content (AvgIpc) is 2.67. The summed E-state index contributed by atoms with van der Waals surface area (Å²) in [6.07, 6.45) is -5.20. The van der Waals surface area contributed by atoms with Crippen LogP contribution in [0, 0.1) is 10.1 Å². The third-order valence-corrected chi connectivity index (χ3v) is 4.63. The minimum absolute atomic E-state index is 0.121. The van der Waals surface area contributed by atoms with Crippen molar-refractivity contribution >= 4 is 17.3 Å². The predicted molar refractivity (Wildman–Crippen MR) is 89.5 cm³/mol. The molecule has 27 heavy (non-hydrogen) atoms. The Balaban J connectivity index is 1.70. The first kappa shape index (κ1) is 19.4. The van der Waals surface area contributed by atoms with Gasteiger partial charge < -0.3 is 19.9 Å². The van der Waals surface area contributed by atoms with Crippen molar-refractivity contribution in [1.29, 1.82) is 0 Å². The van der Waals surface area contributed by atoms with E-state index in [9.17, 15) is 28.1 Å². The highest BCUT2D eigenvalue weighted by Gasteiger charge is 2.35. The van der Waals surface area contributed by atoms with E-state index in [0.717, 1.165) is 12.1 Å². The topological polar surface area (TPSA) is 88.0 Å². The van der Waals surface area contributed by atoms with E-state index in [-0.39, 0.29) is 24.7 Å². The second-order valence-electron chi connectivity index (χ2n) is 6.33. The SMILES string of the molecule is O=C(C1CNCCO1)N1CCN(c2ccc(C(F)(F)F)cc2[N+](=O)[O-])CC1. The van der Waals surface area contributed by atoms with Gasteiger partial charge in [0.2, 0.25) is 0 Å². The quantitative estimate of drug-likeness (QED) is 0.620. The average molecular weight is 388 g/mol. The van der Waals surface area contributed by atoms with Crippen LogP contribution >= 0.6 is 0 Å². The number of ether oxygens (including phenoxy) is 1. The number of carbonyl (C=O) groups excluding carboxylic acids is 1. The van der Waals surface area contributed by atoms with Crippen LogP contribution in [0.4, 0.5) is 24.5 Å². The lowest BCUT2D eigenvalue weighted by molar-refractivity contribution is -0.384. The normalized spacial score (nSPS) is 21.2. The molecule has 0 aromatic heterocycles. The fourth-order valence-corrected chi connectivity index (χ4v) is 3.21. The van der Waals surface area contributed by atoms with Gasteiger partial charge in [0.25, 0.3) is 11.6 Å². The Kier molecular flexibility index (Phi) is 5.51. The zero-order valence-corrected chi connectivity index (χ0v) is 14.4. The van der Waals surface area contributed by atoms with Gasteiger partial charge in [-0.2, -0.15) is 13.2 Å². The summed E-state index contributed by atoms with van der Waals surface area (Å²) in [5.74, 6) is -0.149. The van der Waals surface area contributed by atoms with Gasteiger partial charge in [-0.15, -0.1) is 0 Å². The second kappa shape index (κ2) is 7.69. The third-order valence-electron chi connectivity index (χ3n) is 4.63. The lowest BCUT2D eigenvalue weighted by atomic mass is 10.1. The number of morpholine rings is 1. The Morgan fingerprint density at radius 3 is 2.52 bits per heavy atom. The number of hydrogen-bond acceptors (Lipinski definition) is 6. The fourth-order valence-electron chi connectivity index (χ4n) is 3.21. The van der Waals surface area contributed by atoms with E-state index >= 15 is 0 Å². The van der Waals surface area contributed by atoms with Crippen LogP contribution in [-0.2, 0) is 15.7 Å². The van der Waals surface area contributed by atoms with E-state index in [2.05, 4.69) is 5.32 Å². The van der Waals surface area contributed by atoms with E-state index in [1.54, 1.807) is 9.80 Å². The summed E-state index contributed by atoms with van der Waals surface area (Å²) < 4.78 is 43.9. The predicted octanol–water partition coefficient (Wildman–Crippen LogP) is 1.25. The number of anilines is 1. The summed E-state index contributed by atoms with van der Waals surface area (Å²) in [5.41, 5.74) is -1.53. The van der Waals surface area contributed by atoms with Crippen LogP contribution < -0.4 is 10.2 Å². The molecule has 8 nitrogen and oxygen atoms in total. The molecule has 2 aliphatic rings. The van der Waals surface area contributed by atoms with Crippen LogP contribution in [-0.4, -0.2) is 67.7 Å². The highest BCUT2D eigenvalue weighted by Crippen LogP contribution is 2.36. The van der Waals surface area contributed by atoms with E-state index in [1.807, 2.05) is 0 Å². The Morgan fingerprint density at radius 1 is 1.26 bits per heavy atom. The maximum atomic E-state index is 12.8. The van der Waals surface area contributed by atoms with Gasteiger partial charge in [0, 0.05) is 45.3 Å². The number of nitrogens with zero attached hydrogens (tertiary/aromatic N) is 3. The largest absolute Gasteiger partial charge is 0.416 e. The lowest BCUT2D eigenvalue weighted by Gasteiger charge is -2.37. The van der Waals surface area contributed by atoms with Gasteiger partial charge in [-0.3, -0.25) is 14.9 Å². The Hall–Kier alpha value is -2.40. The highest BCUT2D eigenvalue weighted by atomic mass is 19.4. The second-order valence-corrected chi connectivity index (χ2v) is 6.33. The van der Waals surface area contributed by atoms with Gasteiger partial charge in [-0.25, -0.2) is 0 Å². The maximum Gasteiger partial charge on any atom is 0.416 e. The monoisotopic (exact) mass is 388 g/mol. The molecule has 2 saturated heterocycles. The fraction of sp³-hybridized carbons (Fsp3) is 0.562. The van der Waals surface area contributed by atoms with Crippen LogP contribution in [0.25, 0.3) is 0 Å². The Bertz CT molecular complexity index is 714. The number of hydrogen-bond donors (Lipinski definition) is 1.